The van der Waals surface area contributed by atoms with E-state index in [1.165, 1.54) is 24.3 Å². The van der Waals surface area contributed by atoms with Crippen molar-refractivity contribution in [1.29, 1.82) is 0 Å². The van der Waals surface area contributed by atoms with Gasteiger partial charge in [0.25, 0.3) is 5.91 Å². The summed E-state index contributed by atoms with van der Waals surface area (Å²) in [7, 11) is 0. The molecule has 166 valence electrons. The Labute approximate surface area is 192 Å². The van der Waals surface area contributed by atoms with Gasteiger partial charge in [0, 0.05) is 22.2 Å². The van der Waals surface area contributed by atoms with Crippen LogP contribution in [0.15, 0.2) is 83.0 Å². The second kappa shape index (κ2) is 8.90. The van der Waals surface area contributed by atoms with Crippen LogP contribution in [0.4, 0.5) is 10.1 Å². The minimum atomic E-state index is -0.642. The van der Waals surface area contributed by atoms with E-state index in [4.69, 9.17) is 0 Å². The Morgan fingerprint density at radius 2 is 1.33 bits per heavy atom. The van der Waals surface area contributed by atoms with Gasteiger partial charge in [-0.1, -0.05) is 69.3 Å². The summed E-state index contributed by atoms with van der Waals surface area (Å²) in [5.41, 5.74) is 4.34. The normalized spacial score (nSPS) is 12.7. The van der Waals surface area contributed by atoms with Crippen LogP contribution in [-0.2, 0) is 9.59 Å². The number of anilines is 1. The fourth-order valence-electron chi connectivity index (χ4n) is 3.53. The van der Waals surface area contributed by atoms with Crippen LogP contribution in [0.2, 0.25) is 0 Å². The van der Waals surface area contributed by atoms with Crippen LogP contribution < -0.4 is 5.32 Å². The summed E-state index contributed by atoms with van der Waals surface area (Å²) < 4.78 is 13.2. The number of fused-ring (bicyclic) bond motifs is 3. The van der Waals surface area contributed by atoms with Crippen LogP contribution in [0.25, 0.3) is 11.1 Å². The first-order chi connectivity index (χ1) is 15.7. The Hall–Kier alpha value is -3.93. The van der Waals surface area contributed by atoms with E-state index in [0.29, 0.717) is 11.4 Å². The second-order valence-corrected chi connectivity index (χ2v) is 8.90. The molecule has 4 rings (SSSR count). The van der Waals surface area contributed by atoms with Crippen LogP contribution in [0.5, 0.6) is 0 Å². The van der Waals surface area contributed by atoms with Gasteiger partial charge in [0.05, 0.1) is 6.42 Å². The van der Waals surface area contributed by atoms with E-state index < -0.39 is 17.1 Å². The minimum absolute atomic E-state index is 0.00591. The van der Waals surface area contributed by atoms with Gasteiger partial charge in [0.2, 0.25) is 0 Å². The molecule has 0 aromatic heterocycles. The van der Waals surface area contributed by atoms with E-state index in [9.17, 15) is 14.0 Å². The molecule has 1 aliphatic carbocycles. The van der Waals surface area contributed by atoms with E-state index >= 15 is 0 Å². The summed E-state index contributed by atoms with van der Waals surface area (Å²) in [6.07, 6.45) is -0.170. The molecule has 5 nitrogen and oxygen atoms in total. The quantitative estimate of drug-likeness (QED) is 0.321. The zero-order valence-corrected chi connectivity index (χ0v) is 18.7. The van der Waals surface area contributed by atoms with Crippen LogP contribution in [-0.4, -0.2) is 23.1 Å². The molecule has 0 spiro atoms. The van der Waals surface area contributed by atoms with Crippen molar-refractivity contribution in [2.75, 3.05) is 5.32 Å². The zero-order chi connectivity index (χ0) is 23.6. The lowest BCUT2D eigenvalue weighted by molar-refractivity contribution is -0.125. The molecule has 0 bridgehead atoms. The van der Waals surface area contributed by atoms with Gasteiger partial charge in [-0.15, -0.1) is 10.2 Å². The number of carbonyl (C=O) groups is 2. The third kappa shape index (κ3) is 4.80. The average Bonchev–Trinajstić information content (AvgIpc) is 3.11. The maximum absolute atomic E-state index is 13.2. The number of benzene rings is 3. The highest BCUT2D eigenvalue weighted by molar-refractivity contribution is 6.46. The third-order valence-corrected chi connectivity index (χ3v) is 5.45. The Balaban J connectivity index is 1.73. The lowest BCUT2D eigenvalue weighted by Crippen LogP contribution is -2.30. The van der Waals surface area contributed by atoms with Crippen molar-refractivity contribution < 1.29 is 14.0 Å². The molecule has 0 saturated carbocycles. The van der Waals surface area contributed by atoms with Gasteiger partial charge in [-0.3, -0.25) is 9.59 Å². The minimum Gasteiger partial charge on any atom is -0.321 e. The summed E-state index contributed by atoms with van der Waals surface area (Å²) in [6.45, 7) is 5.38. The third-order valence-electron chi connectivity index (χ3n) is 5.45. The van der Waals surface area contributed by atoms with Crippen molar-refractivity contribution in [3.05, 3.63) is 89.7 Å². The Morgan fingerprint density at radius 3 is 1.85 bits per heavy atom. The number of carbonyl (C=O) groups excluding carboxylic acids is 2. The summed E-state index contributed by atoms with van der Waals surface area (Å²) in [4.78, 5) is 25.7. The number of halogens is 1. The van der Waals surface area contributed by atoms with Crippen molar-refractivity contribution in [3.8, 4) is 11.1 Å². The number of amides is 1. The van der Waals surface area contributed by atoms with Crippen LogP contribution in [0.3, 0.4) is 0 Å². The molecular formula is C27H24FN3O2. The Bertz CT molecular complexity index is 1240. The van der Waals surface area contributed by atoms with Crippen LogP contribution in [0, 0.1) is 11.2 Å². The van der Waals surface area contributed by atoms with Crippen molar-refractivity contribution in [2.24, 2.45) is 15.6 Å². The number of ketones is 1. The van der Waals surface area contributed by atoms with Crippen molar-refractivity contribution in [2.45, 2.75) is 27.2 Å². The standard InChI is InChI=1S/C27H24FN3O2/c1-27(2,3)24(32)16-23(26(33)29-18-14-12-17(28)13-15-18)30-31-25-21-10-6-4-8-19(21)20-9-5-7-11-22(20)25/h4-15H,16H2,1-3H3,(H,29,33). The first-order valence-corrected chi connectivity index (χ1v) is 10.7. The highest BCUT2D eigenvalue weighted by Gasteiger charge is 2.27. The van der Waals surface area contributed by atoms with E-state index in [0.717, 1.165) is 22.3 Å². The van der Waals surface area contributed by atoms with E-state index in [1.807, 2.05) is 48.5 Å². The Morgan fingerprint density at radius 1 is 0.818 bits per heavy atom. The van der Waals surface area contributed by atoms with E-state index in [2.05, 4.69) is 15.5 Å². The maximum Gasteiger partial charge on any atom is 0.272 e. The molecule has 0 saturated heterocycles. The molecule has 0 unspecified atom stereocenters. The molecule has 0 aliphatic heterocycles. The molecule has 1 N–H and O–H groups in total. The van der Waals surface area contributed by atoms with E-state index in [1.54, 1.807) is 20.8 Å². The van der Waals surface area contributed by atoms with Gasteiger partial charge in [-0.05, 0) is 35.4 Å². The van der Waals surface area contributed by atoms with Gasteiger partial charge in [-0.2, -0.15) is 0 Å². The van der Waals surface area contributed by atoms with Crippen molar-refractivity contribution in [1.82, 2.24) is 0 Å². The number of Topliss-reactive ketones (excluding diaryl/α,β-unsaturated/α-hetero) is 1. The average molecular weight is 442 g/mol. The maximum atomic E-state index is 13.2. The molecule has 1 aliphatic rings. The molecule has 6 heteroatoms. The smallest absolute Gasteiger partial charge is 0.272 e. The van der Waals surface area contributed by atoms with Gasteiger partial charge < -0.3 is 5.32 Å². The topological polar surface area (TPSA) is 70.9 Å². The molecule has 33 heavy (non-hydrogen) atoms. The number of hydrogen-bond acceptors (Lipinski definition) is 4. The molecule has 0 radical (unpaired) electrons. The van der Waals surface area contributed by atoms with Gasteiger partial charge >= 0.3 is 0 Å². The predicted octanol–water partition coefficient (Wildman–Crippen LogP) is 5.64. The molecule has 0 atom stereocenters. The van der Waals surface area contributed by atoms with Crippen LogP contribution >= 0.6 is 0 Å². The molecular weight excluding hydrogens is 417 g/mol. The summed E-state index contributed by atoms with van der Waals surface area (Å²) in [5, 5.41) is 11.4. The number of nitrogens with one attached hydrogen (secondary N) is 1. The first-order valence-electron chi connectivity index (χ1n) is 10.7. The molecule has 3 aromatic rings. The highest BCUT2D eigenvalue weighted by atomic mass is 19.1. The second-order valence-electron chi connectivity index (χ2n) is 8.90. The monoisotopic (exact) mass is 441 g/mol. The molecule has 1 amide bonds. The number of nitrogens with zero attached hydrogens (tertiary/aromatic N) is 2. The van der Waals surface area contributed by atoms with E-state index in [-0.39, 0.29) is 17.9 Å². The van der Waals surface area contributed by atoms with Crippen molar-refractivity contribution >= 4 is 28.8 Å². The summed E-state index contributed by atoms with van der Waals surface area (Å²) in [5.74, 6) is -1.10. The largest absolute Gasteiger partial charge is 0.321 e. The fourth-order valence-corrected chi connectivity index (χ4v) is 3.53. The lowest BCUT2D eigenvalue weighted by atomic mass is 9.87. The molecule has 0 fully saturated rings. The molecule has 3 aromatic carbocycles. The van der Waals surface area contributed by atoms with Gasteiger partial charge in [0.15, 0.2) is 0 Å². The first kappa shape index (κ1) is 22.3. The van der Waals surface area contributed by atoms with Gasteiger partial charge in [0.1, 0.15) is 23.0 Å². The number of rotatable bonds is 5. The number of hydrogen-bond donors (Lipinski definition) is 1. The van der Waals surface area contributed by atoms with Crippen LogP contribution in [0.1, 0.15) is 38.3 Å². The van der Waals surface area contributed by atoms with Crippen molar-refractivity contribution in [3.63, 3.8) is 0 Å². The lowest BCUT2D eigenvalue weighted by Gasteiger charge is -2.16. The molecule has 0 heterocycles. The Kier molecular flexibility index (Phi) is 6.01. The highest BCUT2D eigenvalue weighted by Crippen LogP contribution is 2.36. The fraction of sp³-hybridized carbons (Fsp3) is 0.185. The summed E-state index contributed by atoms with van der Waals surface area (Å²) in [6, 6.07) is 21.1. The zero-order valence-electron chi connectivity index (χ0n) is 18.7. The predicted molar refractivity (Wildman–Crippen MR) is 129 cm³/mol. The summed E-state index contributed by atoms with van der Waals surface area (Å²) >= 11 is 0. The van der Waals surface area contributed by atoms with Gasteiger partial charge in [-0.25, -0.2) is 4.39 Å². The SMILES string of the molecule is CC(C)(C)C(=O)CC(=NN=C1c2ccccc2-c2ccccc21)C(=O)Nc1ccc(F)cc1.